The number of likely N-dealkylation sites (tertiary alicyclic amines) is 1. The van der Waals surface area contributed by atoms with Gasteiger partial charge in [0.1, 0.15) is 0 Å². The highest BCUT2D eigenvalue weighted by atomic mass is 16.7. The van der Waals surface area contributed by atoms with Gasteiger partial charge in [0, 0.05) is 25.2 Å². The number of carbonyl (C=O) groups excluding carboxylic acids is 1. The molecule has 1 amide bonds. The number of amides is 1. The lowest BCUT2D eigenvalue weighted by molar-refractivity contribution is -0.129. The zero-order chi connectivity index (χ0) is 16.4. The van der Waals surface area contributed by atoms with E-state index in [1.807, 2.05) is 41.3 Å². The van der Waals surface area contributed by atoms with E-state index in [1.165, 1.54) is 0 Å². The maximum atomic E-state index is 12.6. The fraction of sp³-hybridized carbons (Fsp3) is 0.316. The maximum Gasteiger partial charge on any atom is 0.240 e. The van der Waals surface area contributed by atoms with Gasteiger partial charge in [-0.15, -0.1) is 0 Å². The zero-order valence-corrected chi connectivity index (χ0v) is 13.4. The summed E-state index contributed by atoms with van der Waals surface area (Å²) >= 11 is 0. The lowest BCUT2D eigenvalue weighted by Gasteiger charge is -2.17. The van der Waals surface area contributed by atoms with E-state index >= 15 is 0 Å². The van der Waals surface area contributed by atoms with Gasteiger partial charge in [0.25, 0.3) is 0 Å². The van der Waals surface area contributed by atoms with Crippen LogP contribution in [0.5, 0.6) is 11.5 Å². The number of para-hydroxylation sites is 1. The van der Waals surface area contributed by atoms with Gasteiger partial charge < -0.3 is 19.7 Å². The molecule has 2 heterocycles. The normalized spacial score (nSPS) is 19.1. The molecule has 4 rings (SSSR count). The second-order valence-electron chi connectivity index (χ2n) is 6.12. The Labute approximate surface area is 141 Å². The Kier molecular flexibility index (Phi) is 4.09. The van der Waals surface area contributed by atoms with E-state index in [1.54, 1.807) is 0 Å². The van der Waals surface area contributed by atoms with Gasteiger partial charge in [-0.1, -0.05) is 42.5 Å². The number of fused-ring (bicyclic) bond motifs is 1. The molecule has 0 aromatic heterocycles. The van der Waals surface area contributed by atoms with E-state index in [-0.39, 0.29) is 18.7 Å². The van der Waals surface area contributed by atoms with Gasteiger partial charge in [0.05, 0.1) is 6.04 Å². The third kappa shape index (κ3) is 2.95. The third-order valence-corrected chi connectivity index (χ3v) is 4.53. The number of carbonyl (C=O) groups is 1. The van der Waals surface area contributed by atoms with Crippen LogP contribution in [-0.2, 0) is 17.9 Å². The summed E-state index contributed by atoms with van der Waals surface area (Å²) in [4.78, 5) is 14.5. The molecule has 1 fully saturated rings. The molecule has 0 unspecified atom stereocenters. The first-order valence-electron chi connectivity index (χ1n) is 8.25. The molecule has 5 heteroatoms. The topological polar surface area (TPSA) is 50.8 Å². The van der Waals surface area contributed by atoms with Gasteiger partial charge in [-0.3, -0.25) is 4.79 Å². The van der Waals surface area contributed by atoms with Crippen molar-refractivity contribution >= 4 is 5.91 Å². The number of ether oxygens (including phenoxy) is 2. The molecule has 0 aliphatic carbocycles. The van der Waals surface area contributed by atoms with Gasteiger partial charge in [0.15, 0.2) is 11.5 Å². The standard InChI is InChI=1S/C19H20N2O3/c22-19-16(9-10-21(19)12-14-5-2-1-3-6-14)20-11-15-7-4-8-17-18(15)24-13-23-17/h1-8,16,20H,9-13H2/t16-/m1/s1. The Morgan fingerprint density at radius 1 is 1.08 bits per heavy atom. The van der Waals surface area contributed by atoms with Crippen molar-refractivity contribution in [2.45, 2.75) is 25.6 Å². The highest BCUT2D eigenvalue weighted by Crippen LogP contribution is 2.35. The van der Waals surface area contributed by atoms with Gasteiger partial charge in [-0.05, 0) is 18.1 Å². The van der Waals surface area contributed by atoms with Crippen LogP contribution in [0.3, 0.4) is 0 Å². The van der Waals surface area contributed by atoms with Crippen LogP contribution in [0.1, 0.15) is 17.5 Å². The number of nitrogens with zero attached hydrogens (tertiary/aromatic N) is 1. The molecule has 2 aromatic rings. The lowest BCUT2D eigenvalue weighted by atomic mass is 10.1. The van der Waals surface area contributed by atoms with Gasteiger partial charge in [-0.2, -0.15) is 0 Å². The Bertz CT molecular complexity index is 733. The Balaban J connectivity index is 1.37. The molecular weight excluding hydrogens is 304 g/mol. The number of rotatable bonds is 5. The van der Waals surface area contributed by atoms with Crippen LogP contribution in [0.15, 0.2) is 48.5 Å². The van der Waals surface area contributed by atoms with E-state index in [2.05, 4.69) is 17.4 Å². The van der Waals surface area contributed by atoms with Crippen molar-refractivity contribution < 1.29 is 14.3 Å². The first-order valence-corrected chi connectivity index (χ1v) is 8.25. The van der Waals surface area contributed by atoms with Gasteiger partial charge >= 0.3 is 0 Å². The van der Waals surface area contributed by atoms with Crippen LogP contribution in [0.2, 0.25) is 0 Å². The van der Waals surface area contributed by atoms with Gasteiger partial charge in [0.2, 0.25) is 12.7 Å². The van der Waals surface area contributed by atoms with Crippen LogP contribution in [-0.4, -0.2) is 30.2 Å². The summed E-state index contributed by atoms with van der Waals surface area (Å²) in [6, 6.07) is 15.8. The summed E-state index contributed by atoms with van der Waals surface area (Å²) in [5.41, 5.74) is 2.19. The summed E-state index contributed by atoms with van der Waals surface area (Å²) < 4.78 is 10.9. The summed E-state index contributed by atoms with van der Waals surface area (Å²) in [6.45, 7) is 2.33. The maximum absolute atomic E-state index is 12.6. The molecule has 2 aromatic carbocycles. The molecule has 1 N–H and O–H groups in total. The minimum absolute atomic E-state index is 0.133. The first kappa shape index (κ1) is 15.0. The quantitative estimate of drug-likeness (QED) is 0.917. The van der Waals surface area contributed by atoms with E-state index in [9.17, 15) is 4.79 Å². The molecule has 0 radical (unpaired) electrons. The van der Waals surface area contributed by atoms with Crippen LogP contribution < -0.4 is 14.8 Å². The number of nitrogens with one attached hydrogen (secondary N) is 1. The molecule has 1 saturated heterocycles. The predicted molar refractivity (Wildman–Crippen MR) is 89.7 cm³/mol. The second-order valence-corrected chi connectivity index (χ2v) is 6.12. The molecule has 124 valence electrons. The summed E-state index contributed by atoms with van der Waals surface area (Å²) in [5, 5.41) is 3.37. The molecule has 24 heavy (non-hydrogen) atoms. The SMILES string of the molecule is O=C1[C@H](NCc2cccc3c2OCO3)CCN1Cc1ccccc1. The highest BCUT2D eigenvalue weighted by molar-refractivity contribution is 5.84. The van der Waals surface area contributed by atoms with Crippen LogP contribution >= 0.6 is 0 Å². The van der Waals surface area contributed by atoms with Crippen molar-refractivity contribution in [2.24, 2.45) is 0 Å². The lowest BCUT2D eigenvalue weighted by Crippen LogP contribution is -2.37. The summed E-state index contributed by atoms with van der Waals surface area (Å²) in [7, 11) is 0. The molecule has 1 atom stereocenters. The third-order valence-electron chi connectivity index (χ3n) is 4.53. The molecule has 0 bridgehead atoms. The van der Waals surface area contributed by atoms with Crippen molar-refractivity contribution in [3.8, 4) is 11.5 Å². The van der Waals surface area contributed by atoms with Crippen LogP contribution in [0.4, 0.5) is 0 Å². The van der Waals surface area contributed by atoms with E-state index in [0.29, 0.717) is 13.1 Å². The van der Waals surface area contributed by atoms with Crippen LogP contribution in [0.25, 0.3) is 0 Å². The monoisotopic (exact) mass is 324 g/mol. The average Bonchev–Trinajstić information content (AvgIpc) is 3.22. The fourth-order valence-electron chi connectivity index (χ4n) is 3.25. The van der Waals surface area contributed by atoms with Crippen molar-refractivity contribution in [1.29, 1.82) is 0 Å². The average molecular weight is 324 g/mol. The minimum Gasteiger partial charge on any atom is -0.454 e. The molecule has 5 nitrogen and oxygen atoms in total. The van der Waals surface area contributed by atoms with Crippen molar-refractivity contribution in [2.75, 3.05) is 13.3 Å². The molecule has 2 aliphatic rings. The predicted octanol–water partition coefficient (Wildman–Crippen LogP) is 2.31. The second kappa shape index (κ2) is 6.53. The Morgan fingerprint density at radius 2 is 1.96 bits per heavy atom. The van der Waals surface area contributed by atoms with Crippen molar-refractivity contribution in [1.82, 2.24) is 10.2 Å². The molecule has 0 spiro atoms. The zero-order valence-electron chi connectivity index (χ0n) is 13.4. The highest BCUT2D eigenvalue weighted by Gasteiger charge is 2.31. The van der Waals surface area contributed by atoms with Crippen molar-refractivity contribution in [3.05, 3.63) is 59.7 Å². The number of benzene rings is 2. The first-order chi connectivity index (χ1) is 11.8. The fourth-order valence-corrected chi connectivity index (χ4v) is 3.25. The largest absolute Gasteiger partial charge is 0.454 e. The van der Waals surface area contributed by atoms with Crippen LogP contribution in [0, 0.1) is 0 Å². The van der Waals surface area contributed by atoms with Gasteiger partial charge in [-0.25, -0.2) is 0 Å². The van der Waals surface area contributed by atoms with E-state index in [0.717, 1.165) is 35.6 Å². The van der Waals surface area contributed by atoms with E-state index in [4.69, 9.17) is 9.47 Å². The minimum atomic E-state index is -0.133. The summed E-state index contributed by atoms with van der Waals surface area (Å²) in [6.07, 6.45) is 0.831. The van der Waals surface area contributed by atoms with Crippen molar-refractivity contribution in [3.63, 3.8) is 0 Å². The Morgan fingerprint density at radius 3 is 2.83 bits per heavy atom. The smallest absolute Gasteiger partial charge is 0.240 e. The number of hydrogen-bond donors (Lipinski definition) is 1. The molecule has 2 aliphatic heterocycles. The molecule has 0 saturated carbocycles. The number of hydrogen-bond acceptors (Lipinski definition) is 4. The Hall–Kier alpha value is -2.53. The van der Waals surface area contributed by atoms with E-state index < -0.39 is 0 Å². The molecular formula is C19H20N2O3. The summed E-state index contributed by atoms with van der Waals surface area (Å²) in [5.74, 6) is 1.73.